The predicted molar refractivity (Wildman–Crippen MR) is 137 cm³/mol. The lowest BCUT2D eigenvalue weighted by atomic mass is 10.1. The number of amides is 1. The molecule has 1 atom stereocenters. The number of benzene rings is 2. The Morgan fingerprint density at radius 2 is 1.86 bits per heavy atom. The van der Waals surface area contributed by atoms with Crippen LogP contribution in [0.15, 0.2) is 64.9 Å². The Bertz CT molecular complexity index is 1450. The maximum absolute atomic E-state index is 13.7. The molecule has 0 bridgehead atoms. The summed E-state index contributed by atoms with van der Waals surface area (Å²) < 4.78 is 33.8. The molecule has 1 aliphatic heterocycles. The molecule has 2 aromatic carbocycles. The average molecular weight is 525 g/mol. The van der Waals surface area contributed by atoms with Crippen LogP contribution in [0.5, 0.6) is 5.75 Å². The van der Waals surface area contributed by atoms with Gasteiger partial charge in [0.2, 0.25) is 10.0 Å². The van der Waals surface area contributed by atoms with Crippen molar-refractivity contribution < 1.29 is 27.9 Å². The number of carbonyl (C=O) groups is 2. The zero-order valence-electron chi connectivity index (χ0n) is 19.7. The summed E-state index contributed by atoms with van der Waals surface area (Å²) in [6.07, 6.45) is 0. The highest BCUT2D eigenvalue weighted by Gasteiger charge is 2.42. The van der Waals surface area contributed by atoms with Gasteiger partial charge in [0.1, 0.15) is 18.4 Å². The molecular weight excluding hydrogens is 500 g/mol. The third-order valence-corrected chi connectivity index (χ3v) is 8.69. The van der Waals surface area contributed by atoms with Crippen LogP contribution in [0.2, 0.25) is 0 Å². The second-order valence-corrected chi connectivity index (χ2v) is 10.9. The molecule has 10 heteroatoms. The summed E-state index contributed by atoms with van der Waals surface area (Å²) >= 11 is 1.26. The minimum Gasteiger partial charge on any atom is -0.481 e. The van der Waals surface area contributed by atoms with E-state index in [4.69, 9.17) is 4.74 Å². The van der Waals surface area contributed by atoms with Crippen molar-refractivity contribution >= 4 is 38.9 Å². The number of fused-ring (bicyclic) bond motifs is 1. The molecule has 2 heterocycles. The van der Waals surface area contributed by atoms with Crippen LogP contribution >= 0.6 is 11.3 Å². The number of rotatable bonds is 6. The monoisotopic (exact) mass is 524 g/mol. The van der Waals surface area contributed by atoms with Gasteiger partial charge >= 0.3 is 5.97 Å². The fraction of sp³-hybridized carbons (Fsp3) is 0.231. The Hall–Kier alpha value is -3.65. The second-order valence-electron chi connectivity index (χ2n) is 8.07. The highest BCUT2D eigenvalue weighted by Crippen LogP contribution is 2.33. The molecule has 0 radical (unpaired) electrons. The van der Waals surface area contributed by atoms with Crippen LogP contribution in [0.4, 0.5) is 5.69 Å². The minimum atomic E-state index is -4.24. The molecule has 0 aliphatic carbocycles. The zero-order valence-corrected chi connectivity index (χ0v) is 21.3. The summed E-state index contributed by atoms with van der Waals surface area (Å²) in [5, 5.41) is 11.9. The van der Waals surface area contributed by atoms with Gasteiger partial charge in [0, 0.05) is 12.2 Å². The number of carboxylic acid groups (broad SMARTS) is 1. The van der Waals surface area contributed by atoms with Gasteiger partial charge in [-0.2, -0.15) is 4.31 Å². The van der Waals surface area contributed by atoms with Crippen molar-refractivity contribution in [3.05, 3.63) is 76.0 Å². The topological polar surface area (TPSA) is 104 Å². The summed E-state index contributed by atoms with van der Waals surface area (Å²) in [4.78, 5) is 27.7. The molecule has 1 unspecified atom stereocenters. The van der Waals surface area contributed by atoms with Gasteiger partial charge in [-0.25, -0.2) is 8.42 Å². The Balaban J connectivity index is 1.74. The van der Waals surface area contributed by atoms with Crippen LogP contribution in [-0.2, 0) is 21.4 Å². The Labute approximate surface area is 213 Å². The van der Waals surface area contributed by atoms with Gasteiger partial charge in [-0.05, 0) is 66.8 Å². The fourth-order valence-corrected chi connectivity index (χ4v) is 6.37. The highest BCUT2D eigenvalue weighted by molar-refractivity contribution is 7.89. The maximum atomic E-state index is 13.7. The van der Waals surface area contributed by atoms with Crippen molar-refractivity contribution in [2.75, 3.05) is 18.1 Å². The number of thiophene rings is 1. The molecule has 36 heavy (non-hydrogen) atoms. The van der Waals surface area contributed by atoms with E-state index in [0.717, 1.165) is 9.87 Å². The van der Waals surface area contributed by atoms with Crippen LogP contribution in [0.3, 0.4) is 0 Å². The zero-order chi connectivity index (χ0) is 25.9. The summed E-state index contributed by atoms with van der Waals surface area (Å²) in [6, 6.07) is 12.9. The van der Waals surface area contributed by atoms with Gasteiger partial charge in [-0.3, -0.25) is 9.59 Å². The van der Waals surface area contributed by atoms with E-state index in [1.807, 2.05) is 6.07 Å². The number of aryl methyl sites for hydroxylation is 1. The first-order chi connectivity index (χ1) is 17.2. The van der Waals surface area contributed by atoms with Crippen LogP contribution in [0.1, 0.15) is 27.7 Å². The molecular formula is C26H24N2O6S2. The number of ether oxygens (including phenoxy) is 1. The molecule has 186 valence electrons. The van der Waals surface area contributed by atoms with Crippen LogP contribution in [0, 0.1) is 18.8 Å². The van der Waals surface area contributed by atoms with E-state index in [1.54, 1.807) is 43.5 Å². The Kier molecular flexibility index (Phi) is 7.45. The number of hydrogen-bond acceptors (Lipinski definition) is 6. The van der Waals surface area contributed by atoms with Crippen LogP contribution in [-0.4, -0.2) is 48.9 Å². The minimum absolute atomic E-state index is 0.0750. The van der Waals surface area contributed by atoms with Crippen molar-refractivity contribution in [2.45, 2.75) is 31.3 Å². The largest absolute Gasteiger partial charge is 0.481 e. The van der Waals surface area contributed by atoms with Gasteiger partial charge in [0.15, 0.2) is 0 Å². The third kappa shape index (κ3) is 4.99. The quantitative estimate of drug-likeness (QED) is 0.493. The van der Waals surface area contributed by atoms with Gasteiger partial charge in [-0.1, -0.05) is 24.1 Å². The van der Waals surface area contributed by atoms with Gasteiger partial charge in [-0.15, -0.1) is 17.3 Å². The number of anilines is 1. The van der Waals surface area contributed by atoms with E-state index in [9.17, 15) is 23.1 Å². The first-order valence-corrected chi connectivity index (χ1v) is 13.4. The van der Waals surface area contributed by atoms with Crippen molar-refractivity contribution in [3.8, 4) is 17.6 Å². The number of para-hydroxylation sites is 1. The summed E-state index contributed by atoms with van der Waals surface area (Å²) in [6.45, 7) is 3.13. The second kappa shape index (κ2) is 10.5. The Morgan fingerprint density at radius 1 is 1.14 bits per heavy atom. The molecule has 4 rings (SSSR count). The van der Waals surface area contributed by atoms with Gasteiger partial charge in [0.25, 0.3) is 5.91 Å². The summed E-state index contributed by atoms with van der Waals surface area (Å²) in [5.41, 5.74) is 1.79. The number of carbonyl (C=O) groups excluding carboxylic acids is 1. The Morgan fingerprint density at radius 3 is 2.50 bits per heavy atom. The lowest BCUT2D eigenvalue weighted by molar-refractivity contribution is -0.141. The average Bonchev–Trinajstić information content (AvgIpc) is 3.20. The van der Waals surface area contributed by atoms with Crippen LogP contribution < -0.4 is 9.64 Å². The molecule has 0 saturated heterocycles. The number of aliphatic carboxylic acids is 1. The first-order valence-electron chi connectivity index (χ1n) is 11.0. The first kappa shape index (κ1) is 25.4. The number of sulfonamides is 1. The molecule has 0 fully saturated rings. The summed E-state index contributed by atoms with van der Waals surface area (Å²) in [5.74, 6) is 4.20. The smallest absolute Gasteiger partial charge is 0.323 e. The SMILES string of the molecule is CC#CCOc1ccc(S(=O)(=O)N2Cc3ccccc3N(C(=O)c3sccc3C)CC2C(=O)O)cc1. The van der Waals surface area contributed by atoms with Gasteiger partial charge < -0.3 is 14.7 Å². The van der Waals surface area contributed by atoms with E-state index in [0.29, 0.717) is 21.9 Å². The molecule has 1 amide bonds. The predicted octanol–water partition coefficient (Wildman–Crippen LogP) is 3.76. The van der Waals surface area contributed by atoms with E-state index < -0.39 is 22.0 Å². The number of hydrogen-bond donors (Lipinski definition) is 1. The molecule has 1 aromatic heterocycles. The van der Waals surface area contributed by atoms with Crippen LogP contribution in [0.25, 0.3) is 0 Å². The van der Waals surface area contributed by atoms with E-state index >= 15 is 0 Å². The van der Waals surface area contributed by atoms with Gasteiger partial charge in [0.05, 0.1) is 16.3 Å². The lowest BCUT2D eigenvalue weighted by Crippen LogP contribution is -2.50. The van der Waals surface area contributed by atoms with E-state index in [-0.39, 0.29) is 30.5 Å². The molecule has 0 saturated carbocycles. The van der Waals surface area contributed by atoms with E-state index in [2.05, 4.69) is 11.8 Å². The fourth-order valence-electron chi connectivity index (χ4n) is 3.94. The third-order valence-electron chi connectivity index (χ3n) is 5.82. The molecule has 1 N–H and O–H groups in total. The standard InChI is InChI=1S/C26H24N2O6S2/c1-3-4-14-34-20-9-11-21(12-10-20)36(32,33)28-16-19-7-5-6-8-22(19)27(17-23(28)26(30)31)25(29)24-18(2)13-15-35-24/h5-13,15,23H,14,16-17H2,1-2H3,(H,30,31). The van der Waals surface area contributed by atoms with E-state index in [1.165, 1.54) is 40.5 Å². The number of nitrogens with zero attached hydrogens (tertiary/aromatic N) is 2. The lowest BCUT2D eigenvalue weighted by Gasteiger charge is -2.28. The highest BCUT2D eigenvalue weighted by atomic mass is 32.2. The van der Waals surface area contributed by atoms with Crippen molar-refractivity contribution in [3.63, 3.8) is 0 Å². The van der Waals surface area contributed by atoms with Crippen molar-refractivity contribution in [1.82, 2.24) is 4.31 Å². The molecule has 1 aliphatic rings. The molecule has 0 spiro atoms. The molecule has 3 aromatic rings. The summed E-state index contributed by atoms with van der Waals surface area (Å²) in [7, 11) is -4.24. The maximum Gasteiger partial charge on any atom is 0.323 e. The van der Waals surface area contributed by atoms with Crippen molar-refractivity contribution in [1.29, 1.82) is 0 Å². The normalized spacial score (nSPS) is 15.8. The number of carboxylic acids is 1. The van der Waals surface area contributed by atoms with Crippen molar-refractivity contribution in [2.24, 2.45) is 0 Å². The molecule has 8 nitrogen and oxygen atoms in total.